The number of para-hydroxylation sites is 1. The van der Waals surface area contributed by atoms with Crippen LogP contribution in [0.2, 0.25) is 10.0 Å². The van der Waals surface area contributed by atoms with E-state index in [1.54, 1.807) is 24.3 Å². The van der Waals surface area contributed by atoms with Crippen LogP contribution in [0.4, 0.5) is 0 Å². The third-order valence-electron chi connectivity index (χ3n) is 3.51. The Kier molecular flexibility index (Phi) is 6.45. The van der Waals surface area contributed by atoms with Gasteiger partial charge in [0.05, 0.1) is 10.2 Å². The molecular formula is C19H14Cl2N2O3S. The Bertz CT molecular complexity index is 984. The van der Waals surface area contributed by atoms with Gasteiger partial charge in [0.15, 0.2) is 6.61 Å². The highest BCUT2D eigenvalue weighted by atomic mass is 35.5. The summed E-state index contributed by atoms with van der Waals surface area (Å²) in [6.45, 7) is -0.165. The summed E-state index contributed by atoms with van der Waals surface area (Å²) in [4.78, 5) is 27.9. The molecule has 3 aromatic rings. The average molecular weight is 421 g/mol. The molecule has 0 aliphatic heterocycles. The molecule has 0 unspecified atom stereocenters. The molecule has 0 aliphatic carbocycles. The maximum atomic E-state index is 11.8. The fourth-order valence-corrected chi connectivity index (χ4v) is 3.54. The summed E-state index contributed by atoms with van der Waals surface area (Å²) in [6, 6.07) is 12.7. The van der Waals surface area contributed by atoms with Crippen LogP contribution in [0, 0.1) is 0 Å². The topological polar surface area (TPSA) is 68.3 Å². The molecule has 0 saturated heterocycles. The molecule has 1 N–H and O–H groups in total. The molecule has 1 amide bonds. The van der Waals surface area contributed by atoms with Gasteiger partial charge < -0.3 is 10.1 Å². The molecule has 0 atom stereocenters. The van der Waals surface area contributed by atoms with Crippen LogP contribution in [-0.4, -0.2) is 23.5 Å². The van der Waals surface area contributed by atoms with Gasteiger partial charge in [-0.2, -0.15) is 0 Å². The number of aromatic nitrogens is 1. The molecule has 27 heavy (non-hydrogen) atoms. The zero-order valence-electron chi connectivity index (χ0n) is 13.9. The Morgan fingerprint density at radius 3 is 2.78 bits per heavy atom. The summed E-state index contributed by atoms with van der Waals surface area (Å²) in [5, 5.41) is 4.29. The molecule has 5 nitrogen and oxygen atoms in total. The Hall–Kier alpha value is -2.41. The SMILES string of the molecule is O=C(COC(=O)/C=C/c1nc2ccccc2s1)NCc1ccc(Cl)cc1Cl. The third kappa shape index (κ3) is 5.53. The van der Waals surface area contributed by atoms with Crippen LogP contribution in [0.1, 0.15) is 10.6 Å². The summed E-state index contributed by atoms with van der Waals surface area (Å²) in [5.74, 6) is -1.04. The van der Waals surface area contributed by atoms with Crippen LogP contribution in [0.5, 0.6) is 0 Å². The number of thiazole rings is 1. The van der Waals surface area contributed by atoms with Crippen LogP contribution in [0.15, 0.2) is 48.5 Å². The molecule has 3 rings (SSSR count). The van der Waals surface area contributed by atoms with Crippen LogP contribution in [0.3, 0.4) is 0 Å². The second-order valence-corrected chi connectivity index (χ2v) is 7.38. The molecule has 138 valence electrons. The highest BCUT2D eigenvalue weighted by molar-refractivity contribution is 7.19. The van der Waals surface area contributed by atoms with Crippen molar-refractivity contribution < 1.29 is 14.3 Å². The minimum Gasteiger partial charge on any atom is -0.452 e. The number of halogens is 2. The first-order valence-corrected chi connectivity index (χ1v) is 9.49. The number of ether oxygens (including phenoxy) is 1. The fraction of sp³-hybridized carbons (Fsp3) is 0.105. The van der Waals surface area contributed by atoms with Crippen LogP contribution in [0.25, 0.3) is 16.3 Å². The van der Waals surface area contributed by atoms with E-state index < -0.39 is 11.9 Å². The fourth-order valence-electron chi connectivity index (χ4n) is 2.20. The Balaban J connectivity index is 1.46. The maximum absolute atomic E-state index is 11.8. The van der Waals surface area contributed by atoms with Crippen LogP contribution < -0.4 is 5.32 Å². The number of amides is 1. The van der Waals surface area contributed by atoms with E-state index in [-0.39, 0.29) is 13.2 Å². The van der Waals surface area contributed by atoms with Gasteiger partial charge in [-0.1, -0.05) is 41.4 Å². The van der Waals surface area contributed by atoms with E-state index in [1.165, 1.54) is 17.4 Å². The lowest BCUT2D eigenvalue weighted by atomic mass is 10.2. The van der Waals surface area contributed by atoms with Crippen molar-refractivity contribution in [3.05, 3.63) is 69.2 Å². The van der Waals surface area contributed by atoms with Gasteiger partial charge in [-0.15, -0.1) is 11.3 Å². The second-order valence-electron chi connectivity index (χ2n) is 5.47. The van der Waals surface area contributed by atoms with Gasteiger partial charge in [-0.05, 0) is 35.9 Å². The third-order valence-corrected chi connectivity index (χ3v) is 5.10. The summed E-state index contributed by atoms with van der Waals surface area (Å²) >= 11 is 13.3. The number of hydrogen-bond acceptors (Lipinski definition) is 5. The van der Waals surface area contributed by atoms with Gasteiger partial charge in [0.25, 0.3) is 5.91 Å². The van der Waals surface area contributed by atoms with E-state index in [0.29, 0.717) is 15.1 Å². The Labute approximate surface area is 169 Å². The summed E-state index contributed by atoms with van der Waals surface area (Å²) in [6.07, 6.45) is 2.82. The lowest BCUT2D eigenvalue weighted by molar-refractivity contribution is -0.143. The van der Waals surface area contributed by atoms with E-state index in [9.17, 15) is 9.59 Å². The first kappa shape index (κ1) is 19.4. The van der Waals surface area contributed by atoms with E-state index in [1.807, 2.05) is 24.3 Å². The lowest BCUT2D eigenvalue weighted by Crippen LogP contribution is -2.28. The number of carbonyl (C=O) groups excluding carboxylic acids is 2. The zero-order valence-corrected chi connectivity index (χ0v) is 16.3. The van der Waals surface area contributed by atoms with Crippen molar-refractivity contribution in [1.29, 1.82) is 0 Å². The monoisotopic (exact) mass is 420 g/mol. The minimum absolute atomic E-state index is 0.216. The summed E-state index contributed by atoms with van der Waals surface area (Å²) in [5.41, 5.74) is 1.59. The zero-order chi connectivity index (χ0) is 19.2. The van der Waals surface area contributed by atoms with E-state index >= 15 is 0 Å². The smallest absolute Gasteiger partial charge is 0.331 e. The number of carbonyl (C=O) groups is 2. The number of rotatable bonds is 6. The van der Waals surface area contributed by atoms with E-state index in [0.717, 1.165) is 15.8 Å². The molecule has 1 aromatic heterocycles. The molecular weight excluding hydrogens is 407 g/mol. The van der Waals surface area contributed by atoms with Crippen LogP contribution in [-0.2, 0) is 20.9 Å². The van der Waals surface area contributed by atoms with Crippen molar-refractivity contribution in [2.24, 2.45) is 0 Å². The summed E-state index contributed by atoms with van der Waals surface area (Å²) < 4.78 is 5.96. The molecule has 0 aliphatic rings. The molecule has 1 heterocycles. The Morgan fingerprint density at radius 2 is 2.00 bits per heavy atom. The number of nitrogens with zero attached hydrogens (tertiary/aromatic N) is 1. The predicted molar refractivity (Wildman–Crippen MR) is 108 cm³/mol. The first-order valence-electron chi connectivity index (χ1n) is 7.92. The van der Waals surface area contributed by atoms with Crippen molar-refractivity contribution in [2.45, 2.75) is 6.54 Å². The number of benzene rings is 2. The number of esters is 1. The van der Waals surface area contributed by atoms with Gasteiger partial charge in [0, 0.05) is 22.7 Å². The first-order chi connectivity index (χ1) is 13.0. The number of nitrogens with one attached hydrogen (secondary N) is 1. The molecule has 0 radical (unpaired) electrons. The summed E-state index contributed by atoms with van der Waals surface area (Å²) in [7, 11) is 0. The molecule has 0 spiro atoms. The van der Waals surface area contributed by atoms with Gasteiger partial charge >= 0.3 is 5.97 Å². The largest absolute Gasteiger partial charge is 0.452 e. The van der Waals surface area contributed by atoms with E-state index in [4.69, 9.17) is 27.9 Å². The van der Waals surface area contributed by atoms with Gasteiger partial charge in [-0.25, -0.2) is 9.78 Å². The normalized spacial score (nSPS) is 11.0. The molecule has 0 saturated carbocycles. The molecule has 0 bridgehead atoms. The molecule has 2 aromatic carbocycles. The number of fused-ring (bicyclic) bond motifs is 1. The Morgan fingerprint density at radius 1 is 1.19 bits per heavy atom. The van der Waals surface area contributed by atoms with E-state index in [2.05, 4.69) is 10.3 Å². The lowest BCUT2D eigenvalue weighted by Gasteiger charge is -2.07. The highest BCUT2D eigenvalue weighted by Crippen LogP contribution is 2.22. The average Bonchev–Trinajstić information content (AvgIpc) is 3.07. The van der Waals surface area contributed by atoms with Crippen molar-refractivity contribution in [3.8, 4) is 0 Å². The van der Waals surface area contributed by atoms with Gasteiger partial charge in [0.2, 0.25) is 0 Å². The van der Waals surface area contributed by atoms with Crippen LogP contribution >= 0.6 is 34.5 Å². The van der Waals surface area contributed by atoms with Crippen molar-refractivity contribution in [1.82, 2.24) is 10.3 Å². The highest BCUT2D eigenvalue weighted by Gasteiger charge is 2.07. The van der Waals surface area contributed by atoms with Crippen molar-refractivity contribution in [2.75, 3.05) is 6.61 Å². The van der Waals surface area contributed by atoms with Gasteiger partial charge in [0.1, 0.15) is 5.01 Å². The number of hydrogen-bond donors (Lipinski definition) is 1. The van der Waals surface area contributed by atoms with Crippen molar-refractivity contribution >= 4 is 62.7 Å². The maximum Gasteiger partial charge on any atom is 0.331 e. The second kappa shape index (κ2) is 8.99. The standard InChI is InChI=1S/C19H14Cl2N2O3S/c20-13-6-5-12(14(21)9-13)10-22-17(24)11-26-19(25)8-7-18-23-15-3-1-2-4-16(15)27-18/h1-9H,10-11H2,(H,22,24)/b8-7+. The van der Waals surface area contributed by atoms with Crippen molar-refractivity contribution in [3.63, 3.8) is 0 Å². The molecule has 0 fully saturated rings. The van der Waals surface area contributed by atoms with Gasteiger partial charge in [-0.3, -0.25) is 4.79 Å². The minimum atomic E-state index is -0.617. The molecule has 8 heteroatoms. The quantitative estimate of drug-likeness (QED) is 0.471. The predicted octanol–water partition coefficient (Wildman–Crippen LogP) is 4.48.